The van der Waals surface area contributed by atoms with E-state index in [1.54, 1.807) is 0 Å². The predicted molar refractivity (Wildman–Crippen MR) is 57.9 cm³/mol. The molecule has 8 heteroatoms. The number of thiocarbonyl (C=S) groups is 1. The smallest absolute Gasteiger partial charge is 0.376 e. The summed E-state index contributed by atoms with van der Waals surface area (Å²) >= 11 is 10.2. The van der Waals surface area contributed by atoms with E-state index in [1.807, 2.05) is 0 Å². The van der Waals surface area contributed by atoms with Crippen LogP contribution in [0.2, 0.25) is 5.02 Å². The predicted octanol–water partition coefficient (Wildman–Crippen LogP) is 2.09. The Hall–Kier alpha value is -1.08. The molecule has 0 amide bonds. The molecular formula is C8H7ClF3N3S. The summed E-state index contributed by atoms with van der Waals surface area (Å²) in [6.07, 6.45) is -3.74. The van der Waals surface area contributed by atoms with E-state index in [-0.39, 0.29) is 22.4 Å². The fraction of sp³-hybridized carbons (Fsp3) is 0.250. The van der Waals surface area contributed by atoms with E-state index in [0.29, 0.717) is 6.20 Å². The van der Waals surface area contributed by atoms with Gasteiger partial charge in [0.25, 0.3) is 0 Å². The van der Waals surface area contributed by atoms with Crippen LogP contribution in [0, 0.1) is 0 Å². The normalized spacial score (nSPS) is 11.2. The van der Waals surface area contributed by atoms with E-state index >= 15 is 0 Å². The van der Waals surface area contributed by atoms with Crippen LogP contribution in [0.25, 0.3) is 0 Å². The molecule has 0 bridgehead atoms. The molecule has 88 valence electrons. The highest BCUT2D eigenvalue weighted by Crippen LogP contribution is 2.30. The van der Waals surface area contributed by atoms with E-state index in [9.17, 15) is 13.2 Å². The van der Waals surface area contributed by atoms with Crippen LogP contribution < -0.4 is 11.1 Å². The van der Waals surface area contributed by atoms with Crippen molar-refractivity contribution in [1.82, 2.24) is 10.3 Å². The van der Waals surface area contributed by atoms with E-state index < -0.39 is 11.7 Å². The van der Waals surface area contributed by atoms with Gasteiger partial charge in [0, 0.05) is 6.20 Å². The van der Waals surface area contributed by atoms with Crippen molar-refractivity contribution in [2.75, 3.05) is 0 Å². The van der Waals surface area contributed by atoms with Gasteiger partial charge in [-0.05, 0) is 18.3 Å². The van der Waals surface area contributed by atoms with Crippen LogP contribution in [0.5, 0.6) is 0 Å². The van der Waals surface area contributed by atoms with Crippen LogP contribution in [-0.4, -0.2) is 10.1 Å². The fourth-order valence-corrected chi connectivity index (χ4v) is 1.23. The molecule has 1 heterocycles. The molecular weight excluding hydrogens is 263 g/mol. The lowest BCUT2D eigenvalue weighted by molar-refractivity contribution is -0.137. The number of nitrogens with zero attached hydrogens (tertiary/aromatic N) is 1. The Morgan fingerprint density at radius 3 is 2.62 bits per heavy atom. The minimum Gasteiger partial charge on any atom is -0.376 e. The molecule has 0 aliphatic carbocycles. The van der Waals surface area contributed by atoms with Crippen molar-refractivity contribution in [3.63, 3.8) is 0 Å². The summed E-state index contributed by atoms with van der Waals surface area (Å²) in [5.74, 6) is 0. The minimum atomic E-state index is -4.45. The molecule has 0 aliphatic heterocycles. The van der Waals surface area contributed by atoms with Crippen molar-refractivity contribution in [3.05, 3.63) is 28.5 Å². The van der Waals surface area contributed by atoms with Crippen molar-refractivity contribution in [3.8, 4) is 0 Å². The van der Waals surface area contributed by atoms with Crippen LogP contribution in [0.4, 0.5) is 13.2 Å². The summed E-state index contributed by atoms with van der Waals surface area (Å²) in [7, 11) is 0. The van der Waals surface area contributed by atoms with Gasteiger partial charge < -0.3 is 11.1 Å². The van der Waals surface area contributed by atoms with Gasteiger partial charge in [0.1, 0.15) is 0 Å². The second-order valence-electron chi connectivity index (χ2n) is 2.87. The monoisotopic (exact) mass is 269 g/mol. The molecule has 0 aliphatic rings. The zero-order valence-electron chi connectivity index (χ0n) is 7.81. The molecule has 0 unspecified atom stereocenters. The molecule has 0 fully saturated rings. The maximum atomic E-state index is 12.3. The number of nitrogens with one attached hydrogen (secondary N) is 1. The van der Waals surface area contributed by atoms with Gasteiger partial charge in [-0.1, -0.05) is 11.6 Å². The van der Waals surface area contributed by atoms with E-state index in [4.69, 9.17) is 17.3 Å². The minimum absolute atomic E-state index is 0.0257. The molecule has 0 saturated heterocycles. The standard InChI is InChI=1S/C8H7ClF3N3S/c9-5-1-4(8(10,11)12)2-14-6(5)3-15-7(13)16/h1-2H,3H2,(H3,13,15,16). The molecule has 0 aromatic carbocycles. The highest BCUT2D eigenvalue weighted by Gasteiger charge is 2.31. The zero-order chi connectivity index (χ0) is 12.3. The van der Waals surface area contributed by atoms with E-state index in [0.717, 1.165) is 6.07 Å². The molecule has 0 spiro atoms. The number of halogens is 4. The molecule has 16 heavy (non-hydrogen) atoms. The second-order valence-corrected chi connectivity index (χ2v) is 3.72. The highest BCUT2D eigenvalue weighted by atomic mass is 35.5. The third-order valence-electron chi connectivity index (χ3n) is 1.67. The number of pyridine rings is 1. The Bertz CT molecular complexity index is 408. The number of nitrogens with two attached hydrogens (primary N) is 1. The van der Waals surface area contributed by atoms with Gasteiger partial charge in [0.15, 0.2) is 5.11 Å². The molecule has 3 nitrogen and oxygen atoms in total. The Kier molecular flexibility index (Phi) is 3.93. The molecule has 1 aromatic rings. The van der Waals surface area contributed by atoms with Gasteiger partial charge in [-0.3, -0.25) is 4.98 Å². The SMILES string of the molecule is NC(=S)NCc1ncc(C(F)(F)F)cc1Cl. The lowest BCUT2D eigenvalue weighted by atomic mass is 10.2. The maximum absolute atomic E-state index is 12.3. The van der Waals surface area contributed by atoms with Gasteiger partial charge in [-0.25, -0.2) is 0 Å². The van der Waals surface area contributed by atoms with Crippen LogP contribution in [-0.2, 0) is 12.7 Å². The average molecular weight is 270 g/mol. The summed E-state index contributed by atoms with van der Waals surface area (Å²) in [5, 5.41) is 2.48. The van der Waals surface area contributed by atoms with E-state index in [1.165, 1.54) is 0 Å². The van der Waals surface area contributed by atoms with Crippen LogP contribution in [0.1, 0.15) is 11.3 Å². The molecule has 1 aromatic heterocycles. The first-order chi connectivity index (χ1) is 7.30. The van der Waals surface area contributed by atoms with Crippen molar-refractivity contribution >= 4 is 28.9 Å². The fourth-order valence-electron chi connectivity index (χ4n) is 0.922. The van der Waals surface area contributed by atoms with Crippen LogP contribution in [0.3, 0.4) is 0 Å². The Morgan fingerprint density at radius 1 is 1.56 bits per heavy atom. The number of hydrogen-bond acceptors (Lipinski definition) is 2. The third kappa shape index (κ3) is 3.49. The number of hydrogen-bond donors (Lipinski definition) is 2. The zero-order valence-corrected chi connectivity index (χ0v) is 9.38. The van der Waals surface area contributed by atoms with Crippen molar-refractivity contribution in [1.29, 1.82) is 0 Å². The van der Waals surface area contributed by atoms with Crippen molar-refractivity contribution in [2.45, 2.75) is 12.7 Å². The van der Waals surface area contributed by atoms with Gasteiger partial charge in [-0.15, -0.1) is 0 Å². The molecule has 3 N–H and O–H groups in total. The lowest BCUT2D eigenvalue weighted by Crippen LogP contribution is -2.28. The molecule has 0 radical (unpaired) electrons. The summed E-state index contributed by atoms with van der Waals surface area (Å²) in [4.78, 5) is 3.59. The highest BCUT2D eigenvalue weighted by molar-refractivity contribution is 7.80. The van der Waals surface area contributed by atoms with E-state index in [2.05, 4.69) is 22.5 Å². The van der Waals surface area contributed by atoms with Gasteiger partial charge in [0.05, 0.1) is 22.8 Å². The molecule has 0 atom stereocenters. The number of aromatic nitrogens is 1. The Balaban J connectivity index is 2.88. The summed E-state index contributed by atoms with van der Waals surface area (Å²) in [5.41, 5.74) is 4.52. The largest absolute Gasteiger partial charge is 0.417 e. The van der Waals surface area contributed by atoms with Crippen LogP contribution in [0.15, 0.2) is 12.3 Å². The third-order valence-corrected chi connectivity index (χ3v) is 2.15. The topological polar surface area (TPSA) is 50.9 Å². The molecule has 1 rings (SSSR count). The first-order valence-corrected chi connectivity index (χ1v) is 4.84. The molecule has 0 saturated carbocycles. The first kappa shape index (κ1) is 13.0. The Morgan fingerprint density at radius 2 is 2.19 bits per heavy atom. The van der Waals surface area contributed by atoms with Crippen LogP contribution >= 0.6 is 23.8 Å². The summed E-state index contributed by atoms with van der Waals surface area (Å²) in [6.45, 7) is 0.0896. The lowest BCUT2D eigenvalue weighted by Gasteiger charge is -2.09. The van der Waals surface area contributed by atoms with Gasteiger partial charge >= 0.3 is 6.18 Å². The number of alkyl halides is 3. The van der Waals surface area contributed by atoms with Gasteiger partial charge in [0.2, 0.25) is 0 Å². The first-order valence-electron chi connectivity index (χ1n) is 4.05. The average Bonchev–Trinajstić information content (AvgIpc) is 2.14. The summed E-state index contributed by atoms with van der Waals surface area (Å²) < 4.78 is 36.8. The number of rotatable bonds is 2. The Labute approximate surface area is 99.8 Å². The quantitative estimate of drug-likeness (QED) is 0.807. The maximum Gasteiger partial charge on any atom is 0.417 e. The summed E-state index contributed by atoms with van der Waals surface area (Å²) in [6, 6.07) is 0.811. The second kappa shape index (κ2) is 4.84. The van der Waals surface area contributed by atoms with Gasteiger partial charge in [-0.2, -0.15) is 13.2 Å². The van der Waals surface area contributed by atoms with Crippen molar-refractivity contribution < 1.29 is 13.2 Å². The van der Waals surface area contributed by atoms with Crippen molar-refractivity contribution in [2.24, 2.45) is 5.73 Å².